The van der Waals surface area contributed by atoms with E-state index in [-0.39, 0.29) is 17.3 Å². The number of carbonyl (C=O) groups excluding carboxylic acids is 1. The van der Waals surface area contributed by atoms with Crippen molar-refractivity contribution in [1.29, 1.82) is 0 Å². The fraction of sp³-hybridized carbons (Fsp3) is 0.450. The maximum atomic E-state index is 13.8. The zero-order valence-electron chi connectivity index (χ0n) is 15.4. The van der Waals surface area contributed by atoms with Crippen LogP contribution >= 0.6 is 15.9 Å². The van der Waals surface area contributed by atoms with Crippen molar-refractivity contribution in [1.82, 2.24) is 5.32 Å². The molecule has 1 aromatic rings. The van der Waals surface area contributed by atoms with Crippen molar-refractivity contribution >= 4 is 21.7 Å². The summed E-state index contributed by atoms with van der Waals surface area (Å²) < 4.78 is 42.3. The molecule has 4 rings (SSSR count). The minimum Gasteiger partial charge on any atom is -0.362 e. The third-order valence-electron chi connectivity index (χ3n) is 5.78. The van der Waals surface area contributed by atoms with Gasteiger partial charge in [0.05, 0.1) is 5.41 Å². The Labute approximate surface area is 169 Å². The van der Waals surface area contributed by atoms with Gasteiger partial charge in [0.25, 0.3) is 0 Å². The number of carbonyl (C=O) groups is 1. The lowest BCUT2D eigenvalue weighted by Gasteiger charge is -2.46. The smallest absolute Gasteiger partial charge is 0.362 e. The molecular weight excluding hydrogens is 435 g/mol. The lowest BCUT2D eigenvalue weighted by molar-refractivity contribution is -0.118. The highest BCUT2D eigenvalue weighted by molar-refractivity contribution is 9.10. The van der Waals surface area contributed by atoms with Crippen LogP contribution in [0.25, 0.3) is 0 Å². The molecule has 2 aliphatic heterocycles. The second-order valence-corrected chi connectivity index (χ2v) is 8.50. The van der Waals surface area contributed by atoms with Gasteiger partial charge in [-0.05, 0) is 36.5 Å². The van der Waals surface area contributed by atoms with Gasteiger partial charge in [-0.3, -0.25) is 4.79 Å². The predicted molar refractivity (Wildman–Crippen MR) is 101 cm³/mol. The van der Waals surface area contributed by atoms with Gasteiger partial charge in [0.1, 0.15) is 0 Å². The predicted octanol–water partition coefficient (Wildman–Crippen LogP) is 5.56. The van der Waals surface area contributed by atoms with Gasteiger partial charge in [0, 0.05) is 27.7 Å². The Kier molecular flexibility index (Phi) is 4.52. The van der Waals surface area contributed by atoms with Gasteiger partial charge >= 0.3 is 6.18 Å². The molecule has 3 atom stereocenters. The topological polar surface area (TPSA) is 53.8 Å². The van der Waals surface area contributed by atoms with E-state index in [1.54, 1.807) is 18.2 Å². The maximum absolute atomic E-state index is 13.8. The minimum atomic E-state index is -4.65. The van der Waals surface area contributed by atoms with E-state index in [1.807, 2.05) is 19.9 Å². The molecule has 2 heterocycles. The molecule has 0 radical (unpaired) electrons. The molecule has 28 heavy (non-hydrogen) atoms. The number of ketones is 1. The Morgan fingerprint density at radius 2 is 2.07 bits per heavy atom. The molecule has 8 heteroatoms. The first-order valence-corrected chi connectivity index (χ1v) is 10.00. The van der Waals surface area contributed by atoms with Crippen LogP contribution in [0.2, 0.25) is 0 Å². The van der Waals surface area contributed by atoms with E-state index in [0.717, 1.165) is 4.47 Å². The van der Waals surface area contributed by atoms with Crippen LogP contribution in [0.1, 0.15) is 38.7 Å². The highest BCUT2D eigenvalue weighted by Crippen LogP contribution is 2.55. The highest BCUT2D eigenvalue weighted by Gasteiger charge is 2.56. The number of nitrogens with zero attached hydrogens (tertiary/aromatic N) is 2. The van der Waals surface area contributed by atoms with Crippen molar-refractivity contribution in [3.63, 3.8) is 0 Å². The average molecular weight is 454 g/mol. The lowest BCUT2D eigenvalue weighted by atomic mass is 9.60. The molecule has 1 N–H and O–H groups in total. The van der Waals surface area contributed by atoms with Crippen LogP contribution in [0.5, 0.6) is 0 Å². The summed E-state index contributed by atoms with van der Waals surface area (Å²) in [5, 5.41) is 10.5. The number of nitrogens with one attached hydrogen (secondary N) is 1. The number of benzene rings is 1. The van der Waals surface area contributed by atoms with Crippen molar-refractivity contribution < 1.29 is 18.0 Å². The molecule has 148 valence electrons. The Morgan fingerprint density at radius 1 is 1.32 bits per heavy atom. The summed E-state index contributed by atoms with van der Waals surface area (Å²) in [6, 6.07) is 7.17. The van der Waals surface area contributed by atoms with E-state index in [2.05, 4.69) is 31.5 Å². The molecule has 1 aromatic carbocycles. The summed E-state index contributed by atoms with van der Waals surface area (Å²) in [7, 11) is 0. The van der Waals surface area contributed by atoms with E-state index in [9.17, 15) is 18.0 Å². The second kappa shape index (κ2) is 6.54. The SMILES string of the molecule is CC[C@@]1(c2cccc(Br)c2)C2=C(C[C@@H](C)CC2=O)NC2N=NC(C(F)(F)F)=C21. The molecule has 0 bridgehead atoms. The number of halogens is 4. The Morgan fingerprint density at radius 3 is 2.71 bits per heavy atom. The van der Waals surface area contributed by atoms with Crippen LogP contribution in [-0.4, -0.2) is 18.1 Å². The van der Waals surface area contributed by atoms with Gasteiger partial charge in [0.15, 0.2) is 17.6 Å². The van der Waals surface area contributed by atoms with Gasteiger partial charge < -0.3 is 5.32 Å². The highest BCUT2D eigenvalue weighted by atomic mass is 79.9. The fourth-order valence-electron chi connectivity index (χ4n) is 4.76. The third kappa shape index (κ3) is 2.76. The Bertz CT molecular complexity index is 950. The molecule has 4 nitrogen and oxygen atoms in total. The Hall–Kier alpha value is -1.96. The van der Waals surface area contributed by atoms with Gasteiger partial charge in [-0.25, -0.2) is 0 Å². The molecule has 1 unspecified atom stereocenters. The maximum Gasteiger partial charge on any atom is 0.435 e. The number of allylic oxidation sites excluding steroid dienone is 3. The lowest BCUT2D eigenvalue weighted by Crippen LogP contribution is -2.51. The van der Waals surface area contributed by atoms with Crippen molar-refractivity contribution in [3.8, 4) is 0 Å². The minimum absolute atomic E-state index is 0.0299. The van der Waals surface area contributed by atoms with Gasteiger partial charge in [-0.2, -0.15) is 18.3 Å². The molecule has 3 aliphatic rings. The second-order valence-electron chi connectivity index (χ2n) is 7.58. The van der Waals surface area contributed by atoms with Crippen LogP contribution in [0.4, 0.5) is 13.2 Å². The molecule has 0 saturated carbocycles. The summed E-state index contributed by atoms with van der Waals surface area (Å²) in [4.78, 5) is 13.1. The standard InChI is InChI=1S/C20H19BrF3N3O/c1-3-19(11-5-4-6-12(21)9-11)15-13(7-10(2)8-14(15)28)25-18-16(19)17(26-27-18)20(22,23)24/h4-6,9-10,18,25H,3,7-8H2,1-2H3/t10-,18?,19-/m1/s1. The van der Waals surface area contributed by atoms with Gasteiger partial charge in [0.2, 0.25) is 0 Å². The van der Waals surface area contributed by atoms with Crippen molar-refractivity contribution in [2.24, 2.45) is 16.1 Å². The van der Waals surface area contributed by atoms with Crippen molar-refractivity contribution in [2.75, 3.05) is 0 Å². The molecule has 0 aromatic heterocycles. The van der Waals surface area contributed by atoms with Crippen LogP contribution in [0, 0.1) is 5.92 Å². The number of fused-ring (bicyclic) bond motifs is 1. The molecular formula is C20H19BrF3N3O. The van der Waals surface area contributed by atoms with E-state index >= 15 is 0 Å². The van der Waals surface area contributed by atoms with Gasteiger partial charge in [-0.1, -0.05) is 41.9 Å². The first-order chi connectivity index (χ1) is 13.2. The monoisotopic (exact) mass is 453 g/mol. The number of azo groups is 1. The summed E-state index contributed by atoms with van der Waals surface area (Å²) >= 11 is 3.42. The fourth-order valence-corrected chi connectivity index (χ4v) is 5.16. The molecule has 0 saturated heterocycles. The average Bonchev–Trinajstić information content (AvgIpc) is 3.04. The number of rotatable bonds is 2. The van der Waals surface area contributed by atoms with Crippen LogP contribution < -0.4 is 5.32 Å². The number of hydrogen-bond donors (Lipinski definition) is 1. The number of hydrogen-bond acceptors (Lipinski definition) is 4. The third-order valence-corrected chi connectivity index (χ3v) is 6.28. The zero-order valence-corrected chi connectivity index (χ0v) is 17.0. The first-order valence-electron chi connectivity index (χ1n) is 9.20. The summed E-state index contributed by atoms with van der Waals surface area (Å²) in [5.41, 5.74) is -0.392. The van der Waals surface area contributed by atoms with E-state index in [1.165, 1.54) is 0 Å². The van der Waals surface area contributed by atoms with Crippen molar-refractivity contribution in [2.45, 2.75) is 50.9 Å². The summed E-state index contributed by atoms with van der Waals surface area (Å²) in [6.45, 7) is 3.79. The number of alkyl halides is 3. The molecule has 0 fully saturated rings. The first kappa shape index (κ1) is 19.4. The van der Waals surface area contributed by atoms with Crippen molar-refractivity contribution in [3.05, 3.63) is 56.8 Å². The molecule has 1 aliphatic carbocycles. The van der Waals surface area contributed by atoms with Gasteiger partial charge in [-0.15, -0.1) is 5.11 Å². The zero-order chi connectivity index (χ0) is 20.3. The molecule has 0 amide bonds. The summed E-state index contributed by atoms with van der Waals surface area (Å²) in [5.74, 6) is 0.0178. The molecule has 0 spiro atoms. The van der Waals surface area contributed by atoms with Crippen LogP contribution in [0.15, 0.2) is 61.5 Å². The number of Topliss-reactive ketones (excluding diaryl/α,β-unsaturated/α-hetero) is 1. The summed E-state index contributed by atoms with van der Waals surface area (Å²) in [6.07, 6.45) is -4.32. The quantitative estimate of drug-likeness (QED) is 0.636. The van der Waals surface area contributed by atoms with Crippen LogP contribution in [-0.2, 0) is 10.2 Å². The van der Waals surface area contributed by atoms with E-state index in [4.69, 9.17) is 0 Å². The normalized spacial score (nSPS) is 29.7. The van der Waals surface area contributed by atoms with Crippen LogP contribution in [0.3, 0.4) is 0 Å². The van der Waals surface area contributed by atoms with E-state index in [0.29, 0.717) is 36.1 Å². The van der Waals surface area contributed by atoms with E-state index < -0.39 is 23.5 Å². The Balaban J connectivity index is 2.09. The largest absolute Gasteiger partial charge is 0.435 e.